The number of hydrogen-bond donors (Lipinski definition) is 3. The maximum absolute atomic E-state index is 11.5. The summed E-state index contributed by atoms with van der Waals surface area (Å²) in [6.07, 6.45) is 3.14. The van der Waals surface area contributed by atoms with Crippen LogP contribution in [0.1, 0.15) is 33.1 Å². The van der Waals surface area contributed by atoms with Crippen LogP contribution in [0.3, 0.4) is 0 Å². The highest BCUT2D eigenvalue weighted by Crippen LogP contribution is 2.36. The summed E-state index contributed by atoms with van der Waals surface area (Å²) >= 11 is 1.93. The molecule has 1 heterocycles. The summed E-state index contributed by atoms with van der Waals surface area (Å²) < 4.78 is 0.193. The quantitative estimate of drug-likeness (QED) is 0.686. The van der Waals surface area contributed by atoms with Crippen molar-refractivity contribution < 1.29 is 9.90 Å². The van der Waals surface area contributed by atoms with Crippen LogP contribution in [0.15, 0.2) is 0 Å². The van der Waals surface area contributed by atoms with Gasteiger partial charge in [0.05, 0.1) is 12.6 Å². The van der Waals surface area contributed by atoms with Gasteiger partial charge in [-0.25, -0.2) is 4.79 Å². The fraction of sp³-hybridized carbons (Fsp3) is 0.909. The minimum Gasteiger partial charge on any atom is -0.394 e. The molecule has 0 radical (unpaired) electrons. The van der Waals surface area contributed by atoms with Gasteiger partial charge in [0.2, 0.25) is 0 Å². The van der Waals surface area contributed by atoms with E-state index in [-0.39, 0.29) is 23.4 Å². The third-order valence-electron chi connectivity index (χ3n) is 2.97. The zero-order valence-electron chi connectivity index (χ0n) is 10.1. The van der Waals surface area contributed by atoms with E-state index in [0.717, 1.165) is 12.8 Å². The first-order valence-electron chi connectivity index (χ1n) is 5.89. The van der Waals surface area contributed by atoms with Crippen molar-refractivity contribution in [2.75, 3.05) is 18.9 Å². The van der Waals surface area contributed by atoms with E-state index in [1.807, 2.05) is 18.7 Å². The fourth-order valence-corrected chi connectivity index (χ4v) is 3.00. The van der Waals surface area contributed by atoms with Gasteiger partial charge >= 0.3 is 6.03 Å². The summed E-state index contributed by atoms with van der Waals surface area (Å²) in [6, 6.07) is -0.307. The van der Waals surface area contributed by atoms with Crippen LogP contribution >= 0.6 is 11.8 Å². The van der Waals surface area contributed by atoms with Crippen LogP contribution in [-0.4, -0.2) is 40.8 Å². The second-order valence-electron chi connectivity index (χ2n) is 4.52. The molecule has 0 aromatic heterocycles. The fourth-order valence-electron chi connectivity index (χ4n) is 1.76. The Bertz CT molecular complexity index is 226. The Labute approximate surface area is 102 Å². The van der Waals surface area contributed by atoms with E-state index in [9.17, 15) is 4.79 Å². The Hall–Kier alpha value is -0.420. The third-order valence-corrected chi connectivity index (χ3v) is 4.51. The Morgan fingerprint density at radius 2 is 2.38 bits per heavy atom. The van der Waals surface area contributed by atoms with E-state index in [0.29, 0.717) is 6.54 Å². The summed E-state index contributed by atoms with van der Waals surface area (Å²) in [4.78, 5) is 11.5. The maximum atomic E-state index is 11.5. The van der Waals surface area contributed by atoms with Crippen molar-refractivity contribution in [3.8, 4) is 0 Å². The number of amides is 2. The first-order valence-corrected chi connectivity index (χ1v) is 6.87. The Morgan fingerprint density at radius 3 is 2.88 bits per heavy atom. The maximum Gasteiger partial charge on any atom is 0.315 e. The van der Waals surface area contributed by atoms with Gasteiger partial charge < -0.3 is 15.7 Å². The summed E-state index contributed by atoms with van der Waals surface area (Å²) in [5, 5.41) is 14.6. The number of urea groups is 1. The van der Waals surface area contributed by atoms with Crippen molar-refractivity contribution in [2.24, 2.45) is 0 Å². The highest BCUT2D eigenvalue weighted by atomic mass is 32.2. The molecule has 2 atom stereocenters. The number of carbonyl (C=O) groups is 1. The van der Waals surface area contributed by atoms with Gasteiger partial charge in [-0.15, -0.1) is 0 Å². The lowest BCUT2D eigenvalue weighted by molar-refractivity contribution is 0.214. The van der Waals surface area contributed by atoms with Crippen molar-refractivity contribution in [1.82, 2.24) is 10.6 Å². The van der Waals surface area contributed by atoms with Crippen LogP contribution in [0.4, 0.5) is 4.79 Å². The molecule has 0 bridgehead atoms. The van der Waals surface area contributed by atoms with Gasteiger partial charge in [0, 0.05) is 11.3 Å². The molecule has 0 spiro atoms. The van der Waals surface area contributed by atoms with Crippen molar-refractivity contribution in [2.45, 2.75) is 43.9 Å². The molecule has 3 N–H and O–H groups in total. The lowest BCUT2D eigenvalue weighted by atomic mass is 10.1. The van der Waals surface area contributed by atoms with Crippen molar-refractivity contribution in [3.05, 3.63) is 0 Å². The average molecular weight is 246 g/mol. The van der Waals surface area contributed by atoms with Crippen LogP contribution < -0.4 is 10.6 Å². The van der Waals surface area contributed by atoms with Gasteiger partial charge in [-0.3, -0.25) is 0 Å². The molecular formula is C11H22N2O2S. The van der Waals surface area contributed by atoms with Crippen molar-refractivity contribution in [3.63, 3.8) is 0 Å². The zero-order valence-corrected chi connectivity index (χ0v) is 10.9. The van der Waals surface area contributed by atoms with Gasteiger partial charge in [-0.1, -0.05) is 6.92 Å². The molecule has 2 unspecified atom stereocenters. The number of aliphatic hydroxyl groups is 1. The lowest BCUT2D eigenvalue weighted by Gasteiger charge is -2.23. The minimum atomic E-state index is -0.172. The van der Waals surface area contributed by atoms with Crippen LogP contribution in [0.2, 0.25) is 0 Å². The van der Waals surface area contributed by atoms with Crippen LogP contribution in [0.25, 0.3) is 0 Å². The Kier molecular flexibility index (Phi) is 5.41. The van der Waals surface area contributed by atoms with Crippen molar-refractivity contribution in [1.29, 1.82) is 0 Å². The highest BCUT2D eigenvalue weighted by molar-refractivity contribution is 8.00. The first kappa shape index (κ1) is 13.6. The molecule has 4 nitrogen and oxygen atoms in total. The smallest absolute Gasteiger partial charge is 0.315 e. The first-order chi connectivity index (χ1) is 7.59. The summed E-state index contributed by atoms with van der Waals surface area (Å²) in [7, 11) is 0. The SMILES string of the molecule is CCC(CO)NC(=O)NCC1(C)CCCS1. The Balaban J connectivity index is 2.24. The predicted molar refractivity (Wildman–Crippen MR) is 67.8 cm³/mol. The van der Waals surface area contributed by atoms with Crippen molar-refractivity contribution >= 4 is 17.8 Å². The number of carbonyl (C=O) groups excluding carboxylic acids is 1. The van der Waals surface area contributed by atoms with E-state index in [4.69, 9.17) is 5.11 Å². The second kappa shape index (κ2) is 6.35. The number of rotatable bonds is 5. The molecule has 0 saturated carbocycles. The molecule has 94 valence electrons. The molecular weight excluding hydrogens is 224 g/mol. The predicted octanol–water partition coefficient (Wildman–Crippen LogP) is 1.34. The molecule has 1 rings (SSSR count). The average Bonchev–Trinajstić information content (AvgIpc) is 2.71. The molecule has 1 saturated heterocycles. The zero-order chi connectivity index (χ0) is 12.0. The monoisotopic (exact) mass is 246 g/mol. The number of thioether (sulfide) groups is 1. The standard InChI is InChI=1S/C11H22N2O2S/c1-3-9(7-14)13-10(15)12-8-11(2)5-4-6-16-11/h9,14H,3-8H2,1-2H3,(H2,12,13,15). The summed E-state index contributed by atoms with van der Waals surface area (Å²) in [6.45, 7) is 4.82. The molecule has 2 amide bonds. The largest absolute Gasteiger partial charge is 0.394 e. The van der Waals surface area contributed by atoms with E-state index >= 15 is 0 Å². The minimum absolute atomic E-state index is 0.00403. The second-order valence-corrected chi connectivity index (χ2v) is 6.20. The summed E-state index contributed by atoms with van der Waals surface area (Å²) in [5.74, 6) is 1.19. The van der Waals surface area contributed by atoms with E-state index in [1.54, 1.807) is 0 Å². The van der Waals surface area contributed by atoms with Gasteiger partial charge in [0.25, 0.3) is 0 Å². The number of aliphatic hydroxyl groups excluding tert-OH is 1. The topological polar surface area (TPSA) is 61.4 Å². The normalized spacial score (nSPS) is 26.4. The van der Waals surface area contributed by atoms with E-state index in [2.05, 4.69) is 17.6 Å². The molecule has 1 fully saturated rings. The molecule has 1 aliphatic rings. The van der Waals surface area contributed by atoms with Crippen LogP contribution in [0.5, 0.6) is 0 Å². The lowest BCUT2D eigenvalue weighted by Crippen LogP contribution is -2.47. The molecule has 0 aromatic carbocycles. The molecule has 16 heavy (non-hydrogen) atoms. The third kappa shape index (κ3) is 4.22. The van der Waals surface area contributed by atoms with Gasteiger partial charge in [-0.05, 0) is 31.9 Å². The van der Waals surface area contributed by atoms with E-state index in [1.165, 1.54) is 12.2 Å². The Morgan fingerprint density at radius 1 is 1.62 bits per heavy atom. The molecule has 0 aliphatic carbocycles. The molecule has 0 aromatic rings. The number of nitrogens with one attached hydrogen (secondary N) is 2. The number of hydrogen-bond acceptors (Lipinski definition) is 3. The molecule has 1 aliphatic heterocycles. The van der Waals surface area contributed by atoms with E-state index < -0.39 is 0 Å². The summed E-state index contributed by atoms with van der Waals surface area (Å²) in [5.41, 5.74) is 0. The van der Waals surface area contributed by atoms with Gasteiger partial charge in [0.15, 0.2) is 0 Å². The van der Waals surface area contributed by atoms with Crippen LogP contribution in [-0.2, 0) is 0 Å². The molecule has 5 heteroatoms. The van der Waals surface area contributed by atoms with Crippen LogP contribution in [0, 0.1) is 0 Å². The van der Waals surface area contributed by atoms with Gasteiger partial charge in [-0.2, -0.15) is 11.8 Å². The highest BCUT2D eigenvalue weighted by Gasteiger charge is 2.29. The van der Waals surface area contributed by atoms with Gasteiger partial charge in [0.1, 0.15) is 0 Å².